The van der Waals surface area contributed by atoms with Crippen LogP contribution < -0.4 is 14.8 Å². The van der Waals surface area contributed by atoms with Crippen molar-refractivity contribution < 1.29 is 14.3 Å². The maximum Gasteiger partial charge on any atom is 0.226 e. The lowest BCUT2D eigenvalue weighted by atomic mass is 9.95. The molecule has 4 rings (SSSR count). The number of ether oxygens (including phenoxy) is 2. The van der Waals surface area contributed by atoms with Crippen LogP contribution in [0.25, 0.3) is 10.9 Å². The van der Waals surface area contributed by atoms with E-state index in [0.29, 0.717) is 19.6 Å². The first kappa shape index (κ1) is 16.5. The smallest absolute Gasteiger partial charge is 0.226 e. The highest BCUT2D eigenvalue weighted by Gasteiger charge is 2.27. The minimum atomic E-state index is -0.169. The third-order valence-corrected chi connectivity index (χ3v) is 4.91. The fourth-order valence-corrected chi connectivity index (χ4v) is 3.53. The van der Waals surface area contributed by atoms with E-state index < -0.39 is 0 Å². The Bertz CT molecular complexity index is 932. The number of methoxy groups -OCH3 is 1. The molecule has 1 unspecified atom stereocenters. The fraction of sp³-hybridized carbons (Fsp3) is 0.286. The Balaban J connectivity index is 1.35. The minimum Gasteiger partial charge on any atom is -0.493 e. The van der Waals surface area contributed by atoms with Crippen molar-refractivity contribution in [2.45, 2.75) is 12.8 Å². The van der Waals surface area contributed by atoms with E-state index in [1.807, 2.05) is 36.5 Å². The van der Waals surface area contributed by atoms with E-state index in [1.54, 1.807) is 7.11 Å². The first-order valence-corrected chi connectivity index (χ1v) is 8.87. The molecule has 26 heavy (non-hydrogen) atoms. The van der Waals surface area contributed by atoms with Crippen LogP contribution in [0.5, 0.6) is 11.5 Å². The highest BCUT2D eigenvalue weighted by atomic mass is 16.5. The average molecular weight is 350 g/mol. The van der Waals surface area contributed by atoms with E-state index in [4.69, 9.17) is 9.47 Å². The van der Waals surface area contributed by atoms with Gasteiger partial charge in [-0.1, -0.05) is 30.3 Å². The molecule has 5 nitrogen and oxygen atoms in total. The fourth-order valence-electron chi connectivity index (χ4n) is 3.53. The number of carbonyl (C=O) groups excluding carboxylic acids is 1. The van der Waals surface area contributed by atoms with Gasteiger partial charge in [0.15, 0.2) is 11.5 Å². The van der Waals surface area contributed by atoms with Crippen molar-refractivity contribution in [3.8, 4) is 11.5 Å². The number of nitrogens with one attached hydrogen (secondary N) is 2. The molecule has 0 bridgehead atoms. The van der Waals surface area contributed by atoms with Crippen molar-refractivity contribution in [3.63, 3.8) is 0 Å². The second kappa shape index (κ2) is 7.12. The van der Waals surface area contributed by atoms with Gasteiger partial charge in [0.1, 0.15) is 6.61 Å². The van der Waals surface area contributed by atoms with Gasteiger partial charge in [-0.2, -0.15) is 0 Å². The number of rotatable bonds is 5. The predicted molar refractivity (Wildman–Crippen MR) is 101 cm³/mol. The molecule has 0 aliphatic carbocycles. The van der Waals surface area contributed by atoms with Crippen LogP contribution in [-0.4, -0.2) is 31.2 Å². The van der Waals surface area contributed by atoms with Crippen LogP contribution in [0.3, 0.4) is 0 Å². The Labute approximate surface area is 152 Å². The van der Waals surface area contributed by atoms with E-state index in [-0.39, 0.29) is 11.8 Å². The summed E-state index contributed by atoms with van der Waals surface area (Å²) in [5.41, 5.74) is 3.36. The first-order valence-electron chi connectivity index (χ1n) is 8.87. The standard InChI is InChI=1S/C21H22N2O3/c1-25-19-8-4-5-14-11-16(13-26-20(14)19)21(24)22-10-9-15-12-23-18-7-3-2-6-17(15)18/h2-8,12,16,23H,9-11,13H2,1H3,(H,22,24). The number of para-hydroxylation sites is 2. The largest absolute Gasteiger partial charge is 0.493 e. The molecule has 0 spiro atoms. The Morgan fingerprint density at radius 1 is 1.27 bits per heavy atom. The van der Waals surface area contributed by atoms with Crippen LogP contribution in [0.1, 0.15) is 11.1 Å². The monoisotopic (exact) mass is 350 g/mol. The lowest BCUT2D eigenvalue weighted by Crippen LogP contribution is -2.38. The second-order valence-corrected chi connectivity index (χ2v) is 6.56. The van der Waals surface area contributed by atoms with E-state index in [9.17, 15) is 4.79 Å². The molecule has 2 heterocycles. The molecule has 0 radical (unpaired) electrons. The number of carbonyl (C=O) groups is 1. The van der Waals surface area contributed by atoms with Gasteiger partial charge in [0.25, 0.3) is 0 Å². The van der Waals surface area contributed by atoms with Crippen molar-refractivity contribution in [1.29, 1.82) is 0 Å². The number of hydrogen-bond donors (Lipinski definition) is 2. The molecule has 3 aromatic rings. The molecular weight excluding hydrogens is 328 g/mol. The minimum absolute atomic E-state index is 0.0401. The lowest BCUT2D eigenvalue weighted by molar-refractivity contribution is -0.126. The van der Waals surface area contributed by atoms with E-state index >= 15 is 0 Å². The Kier molecular flexibility index (Phi) is 4.52. The third kappa shape index (κ3) is 3.12. The Morgan fingerprint density at radius 3 is 3.04 bits per heavy atom. The van der Waals surface area contributed by atoms with Crippen LogP contribution in [0.4, 0.5) is 0 Å². The quantitative estimate of drug-likeness (QED) is 0.743. The van der Waals surface area contributed by atoms with Crippen LogP contribution >= 0.6 is 0 Å². The van der Waals surface area contributed by atoms with Gasteiger partial charge in [-0.05, 0) is 36.1 Å². The van der Waals surface area contributed by atoms with Gasteiger partial charge in [-0.3, -0.25) is 4.79 Å². The highest BCUT2D eigenvalue weighted by Crippen LogP contribution is 2.36. The summed E-state index contributed by atoms with van der Waals surface area (Å²) in [7, 11) is 1.63. The van der Waals surface area contributed by atoms with Crippen LogP contribution in [0.2, 0.25) is 0 Å². The SMILES string of the molecule is COc1cccc2c1OCC(C(=O)NCCc1c[nH]c3ccccc13)C2. The average Bonchev–Trinajstić information content (AvgIpc) is 3.10. The maximum atomic E-state index is 12.5. The van der Waals surface area contributed by atoms with Gasteiger partial charge in [0.05, 0.1) is 13.0 Å². The van der Waals surface area contributed by atoms with Gasteiger partial charge in [0.2, 0.25) is 5.91 Å². The van der Waals surface area contributed by atoms with Crippen molar-refractivity contribution in [3.05, 3.63) is 59.8 Å². The van der Waals surface area contributed by atoms with Gasteiger partial charge in [-0.15, -0.1) is 0 Å². The zero-order valence-electron chi connectivity index (χ0n) is 14.7. The van der Waals surface area contributed by atoms with Gasteiger partial charge in [0, 0.05) is 23.6 Å². The first-order chi connectivity index (χ1) is 12.8. The zero-order valence-corrected chi connectivity index (χ0v) is 14.7. The number of H-pyrrole nitrogens is 1. The van der Waals surface area contributed by atoms with Crippen molar-refractivity contribution in [2.24, 2.45) is 5.92 Å². The molecule has 2 aromatic carbocycles. The van der Waals surface area contributed by atoms with Crippen LogP contribution in [-0.2, 0) is 17.6 Å². The molecule has 2 N–H and O–H groups in total. The molecule has 1 aromatic heterocycles. The number of benzene rings is 2. The summed E-state index contributed by atoms with van der Waals surface area (Å²) in [6.45, 7) is 0.994. The molecule has 1 aliphatic heterocycles. The van der Waals surface area contributed by atoms with Gasteiger partial charge >= 0.3 is 0 Å². The van der Waals surface area contributed by atoms with Gasteiger partial charge < -0.3 is 19.8 Å². The molecule has 0 saturated carbocycles. The summed E-state index contributed by atoms with van der Waals surface area (Å²) in [5.74, 6) is 1.36. The molecule has 1 aliphatic rings. The molecule has 5 heteroatoms. The second-order valence-electron chi connectivity index (χ2n) is 6.56. The number of aromatic nitrogens is 1. The molecule has 134 valence electrons. The Hall–Kier alpha value is -2.95. The van der Waals surface area contributed by atoms with Gasteiger partial charge in [-0.25, -0.2) is 0 Å². The van der Waals surface area contributed by atoms with E-state index in [0.717, 1.165) is 29.0 Å². The molecular formula is C21H22N2O3. The Morgan fingerprint density at radius 2 is 2.15 bits per heavy atom. The number of amides is 1. The summed E-state index contributed by atoms with van der Waals surface area (Å²) in [6.07, 6.45) is 3.49. The summed E-state index contributed by atoms with van der Waals surface area (Å²) in [6, 6.07) is 14.0. The summed E-state index contributed by atoms with van der Waals surface area (Å²) < 4.78 is 11.1. The molecule has 1 atom stereocenters. The van der Waals surface area contributed by atoms with Crippen molar-refractivity contribution in [2.75, 3.05) is 20.3 Å². The van der Waals surface area contributed by atoms with Crippen molar-refractivity contribution in [1.82, 2.24) is 10.3 Å². The lowest BCUT2D eigenvalue weighted by Gasteiger charge is -2.25. The van der Waals surface area contributed by atoms with Crippen molar-refractivity contribution >= 4 is 16.8 Å². The summed E-state index contributed by atoms with van der Waals surface area (Å²) in [4.78, 5) is 15.8. The van der Waals surface area contributed by atoms with Crippen LogP contribution in [0, 0.1) is 5.92 Å². The topological polar surface area (TPSA) is 63.4 Å². The molecule has 0 fully saturated rings. The number of aromatic amines is 1. The highest BCUT2D eigenvalue weighted by molar-refractivity contribution is 5.83. The predicted octanol–water partition coefficient (Wildman–Crippen LogP) is 3.09. The maximum absolute atomic E-state index is 12.5. The summed E-state index contributed by atoms with van der Waals surface area (Å²) >= 11 is 0. The summed E-state index contributed by atoms with van der Waals surface area (Å²) in [5, 5.41) is 4.26. The number of fused-ring (bicyclic) bond motifs is 2. The normalized spacial score (nSPS) is 16.0. The van der Waals surface area contributed by atoms with Crippen LogP contribution in [0.15, 0.2) is 48.7 Å². The third-order valence-electron chi connectivity index (χ3n) is 4.91. The zero-order chi connectivity index (χ0) is 17.9. The molecule has 0 saturated heterocycles. The molecule has 1 amide bonds. The number of hydrogen-bond acceptors (Lipinski definition) is 3. The van der Waals surface area contributed by atoms with E-state index in [2.05, 4.69) is 22.4 Å². The van der Waals surface area contributed by atoms with E-state index in [1.165, 1.54) is 10.9 Å².